The number of hydrogen-bond donors (Lipinski definition) is 1. The molecule has 1 amide bonds. The van der Waals surface area contributed by atoms with Gasteiger partial charge in [0, 0.05) is 25.2 Å². The molecule has 6 nitrogen and oxygen atoms in total. The monoisotopic (exact) mass is 402 g/mol. The van der Waals surface area contributed by atoms with Crippen molar-refractivity contribution in [1.82, 2.24) is 9.62 Å². The number of ether oxygens (including phenoxy) is 1. The fourth-order valence-corrected chi connectivity index (χ4v) is 4.98. The number of morpholine rings is 1. The summed E-state index contributed by atoms with van der Waals surface area (Å²) < 4.78 is 33.0. The molecule has 0 saturated carbocycles. The molecule has 1 saturated heterocycles. The molecule has 26 heavy (non-hydrogen) atoms. The van der Waals surface area contributed by atoms with E-state index in [1.807, 2.05) is 13.8 Å². The lowest BCUT2D eigenvalue weighted by atomic mass is 10.1. The Balaban J connectivity index is 2.24. The first-order chi connectivity index (χ1) is 12.1. The van der Waals surface area contributed by atoms with Crippen molar-refractivity contribution in [3.05, 3.63) is 28.8 Å². The second-order valence-corrected chi connectivity index (χ2v) is 9.48. The molecule has 0 aromatic heterocycles. The third-order valence-corrected chi connectivity index (χ3v) is 6.52. The van der Waals surface area contributed by atoms with E-state index in [1.54, 1.807) is 0 Å². The number of nitrogens with one attached hydrogen (secondary N) is 1. The number of rotatable bonds is 6. The van der Waals surface area contributed by atoms with Crippen molar-refractivity contribution < 1.29 is 17.9 Å². The van der Waals surface area contributed by atoms with E-state index in [0.29, 0.717) is 12.5 Å². The molecule has 0 spiro atoms. The van der Waals surface area contributed by atoms with Crippen LogP contribution in [0.15, 0.2) is 23.1 Å². The van der Waals surface area contributed by atoms with Gasteiger partial charge in [-0.05, 0) is 44.4 Å². The first-order valence-electron chi connectivity index (χ1n) is 8.84. The molecule has 1 fully saturated rings. The highest BCUT2D eigenvalue weighted by molar-refractivity contribution is 7.89. The van der Waals surface area contributed by atoms with E-state index >= 15 is 0 Å². The Labute approximate surface area is 160 Å². The molecule has 2 unspecified atom stereocenters. The SMILES string of the molecule is CC(C)CCNC(=O)c1ccc(Cl)c(S(=O)(=O)N2CC(C)OC(C)C2)c1. The number of benzene rings is 1. The maximum atomic E-state index is 13.0. The zero-order chi connectivity index (χ0) is 19.5. The quantitative estimate of drug-likeness (QED) is 0.793. The summed E-state index contributed by atoms with van der Waals surface area (Å²) in [5.74, 6) is 0.171. The number of amides is 1. The zero-order valence-electron chi connectivity index (χ0n) is 15.7. The van der Waals surface area contributed by atoms with Gasteiger partial charge in [0.2, 0.25) is 10.0 Å². The van der Waals surface area contributed by atoms with Gasteiger partial charge in [-0.25, -0.2) is 8.42 Å². The van der Waals surface area contributed by atoms with Gasteiger partial charge < -0.3 is 10.1 Å². The van der Waals surface area contributed by atoms with Gasteiger partial charge in [-0.2, -0.15) is 4.31 Å². The van der Waals surface area contributed by atoms with Crippen molar-refractivity contribution in [2.45, 2.75) is 51.2 Å². The molecule has 1 aromatic carbocycles. The van der Waals surface area contributed by atoms with Gasteiger partial charge in [0.15, 0.2) is 0 Å². The fourth-order valence-electron chi connectivity index (χ4n) is 2.88. The Morgan fingerprint density at radius 3 is 2.50 bits per heavy atom. The Kier molecular flexibility index (Phi) is 7.07. The summed E-state index contributed by atoms with van der Waals surface area (Å²) in [6, 6.07) is 4.35. The van der Waals surface area contributed by atoms with Crippen LogP contribution in [0.3, 0.4) is 0 Å². The molecule has 0 bridgehead atoms. The van der Waals surface area contributed by atoms with Crippen LogP contribution in [0.5, 0.6) is 0 Å². The van der Waals surface area contributed by atoms with Crippen molar-refractivity contribution in [1.29, 1.82) is 0 Å². The predicted octanol–water partition coefficient (Wildman–Crippen LogP) is 2.91. The number of carbonyl (C=O) groups excluding carboxylic acids is 1. The molecular formula is C18H27ClN2O4S. The lowest BCUT2D eigenvalue weighted by Gasteiger charge is -2.34. The number of halogens is 1. The Morgan fingerprint density at radius 2 is 1.92 bits per heavy atom. The van der Waals surface area contributed by atoms with Crippen LogP contribution in [0, 0.1) is 5.92 Å². The standard InChI is InChI=1S/C18H27ClN2O4S/c1-12(2)7-8-20-18(22)15-5-6-16(19)17(9-15)26(23,24)21-10-13(3)25-14(4)11-21/h5-6,9,12-14H,7-8,10-11H2,1-4H3,(H,20,22). The van der Waals surface area contributed by atoms with Crippen molar-refractivity contribution in [3.8, 4) is 0 Å². The molecule has 1 aromatic rings. The molecule has 146 valence electrons. The number of carbonyl (C=O) groups is 1. The maximum Gasteiger partial charge on any atom is 0.251 e. The van der Waals surface area contributed by atoms with Crippen LogP contribution in [0.1, 0.15) is 44.5 Å². The average Bonchev–Trinajstić information content (AvgIpc) is 2.53. The normalized spacial score (nSPS) is 21.8. The van der Waals surface area contributed by atoms with Crippen molar-refractivity contribution in [3.63, 3.8) is 0 Å². The van der Waals surface area contributed by atoms with Crippen LogP contribution >= 0.6 is 11.6 Å². The molecule has 0 aliphatic carbocycles. The first kappa shape index (κ1) is 21.2. The maximum absolute atomic E-state index is 13.0. The summed E-state index contributed by atoms with van der Waals surface area (Å²) in [6.07, 6.45) is 0.457. The van der Waals surface area contributed by atoms with E-state index in [0.717, 1.165) is 6.42 Å². The van der Waals surface area contributed by atoms with Gasteiger partial charge in [-0.3, -0.25) is 4.79 Å². The first-order valence-corrected chi connectivity index (χ1v) is 10.7. The third kappa shape index (κ3) is 5.19. The highest BCUT2D eigenvalue weighted by atomic mass is 35.5. The largest absolute Gasteiger partial charge is 0.373 e. The molecule has 1 heterocycles. The van der Waals surface area contributed by atoms with E-state index in [9.17, 15) is 13.2 Å². The number of nitrogens with zero attached hydrogens (tertiary/aromatic N) is 1. The second kappa shape index (κ2) is 8.69. The van der Waals surface area contributed by atoms with Gasteiger partial charge >= 0.3 is 0 Å². The van der Waals surface area contributed by atoms with Crippen molar-refractivity contribution in [2.75, 3.05) is 19.6 Å². The van der Waals surface area contributed by atoms with Crippen molar-refractivity contribution >= 4 is 27.5 Å². The van der Waals surface area contributed by atoms with Gasteiger partial charge in [-0.15, -0.1) is 0 Å². The van der Waals surface area contributed by atoms with E-state index in [1.165, 1.54) is 22.5 Å². The molecule has 2 rings (SSSR count). The number of hydrogen-bond acceptors (Lipinski definition) is 4. The smallest absolute Gasteiger partial charge is 0.251 e. The van der Waals surface area contributed by atoms with Gasteiger partial charge in [0.05, 0.1) is 17.2 Å². The van der Waals surface area contributed by atoms with Gasteiger partial charge in [-0.1, -0.05) is 25.4 Å². The van der Waals surface area contributed by atoms with E-state index in [2.05, 4.69) is 19.2 Å². The Morgan fingerprint density at radius 1 is 1.31 bits per heavy atom. The van der Waals surface area contributed by atoms with Gasteiger partial charge in [0.1, 0.15) is 4.90 Å². The van der Waals surface area contributed by atoms with Crippen LogP contribution in [0.4, 0.5) is 0 Å². The molecule has 1 N–H and O–H groups in total. The summed E-state index contributed by atoms with van der Waals surface area (Å²) in [6.45, 7) is 8.87. The second-order valence-electron chi connectivity index (χ2n) is 7.16. The van der Waals surface area contributed by atoms with Crippen LogP contribution in [-0.4, -0.2) is 50.5 Å². The Bertz CT molecular complexity index is 742. The molecular weight excluding hydrogens is 376 g/mol. The minimum absolute atomic E-state index is 0.0445. The lowest BCUT2D eigenvalue weighted by Crippen LogP contribution is -2.48. The zero-order valence-corrected chi connectivity index (χ0v) is 17.2. The van der Waals surface area contributed by atoms with Crippen LogP contribution < -0.4 is 5.32 Å². The predicted molar refractivity (Wildman–Crippen MR) is 102 cm³/mol. The topological polar surface area (TPSA) is 75.7 Å². The minimum atomic E-state index is -3.81. The average molecular weight is 403 g/mol. The van der Waals surface area contributed by atoms with Crippen LogP contribution in [0.2, 0.25) is 5.02 Å². The summed E-state index contributed by atoms with van der Waals surface area (Å²) >= 11 is 6.15. The lowest BCUT2D eigenvalue weighted by molar-refractivity contribution is -0.0440. The highest BCUT2D eigenvalue weighted by Crippen LogP contribution is 2.28. The third-order valence-electron chi connectivity index (χ3n) is 4.20. The molecule has 8 heteroatoms. The summed E-state index contributed by atoms with van der Waals surface area (Å²) in [5, 5.41) is 2.92. The summed E-state index contributed by atoms with van der Waals surface area (Å²) in [4.78, 5) is 12.3. The van der Waals surface area contributed by atoms with Crippen molar-refractivity contribution in [2.24, 2.45) is 5.92 Å². The van der Waals surface area contributed by atoms with Gasteiger partial charge in [0.25, 0.3) is 5.91 Å². The van der Waals surface area contributed by atoms with E-state index in [4.69, 9.17) is 16.3 Å². The number of sulfonamides is 1. The molecule has 2 atom stereocenters. The molecule has 0 radical (unpaired) electrons. The summed E-state index contributed by atoms with van der Waals surface area (Å²) in [5.41, 5.74) is 0.283. The van der Waals surface area contributed by atoms with Crippen LogP contribution in [-0.2, 0) is 14.8 Å². The Hall–Kier alpha value is -1.15. The summed E-state index contributed by atoms with van der Waals surface area (Å²) in [7, 11) is -3.81. The highest BCUT2D eigenvalue weighted by Gasteiger charge is 2.33. The van der Waals surface area contributed by atoms with E-state index < -0.39 is 10.0 Å². The van der Waals surface area contributed by atoms with E-state index in [-0.39, 0.29) is 46.7 Å². The minimum Gasteiger partial charge on any atom is -0.373 e. The molecule has 1 aliphatic rings. The van der Waals surface area contributed by atoms with Crippen LogP contribution in [0.25, 0.3) is 0 Å². The fraction of sp³-hybridized carbons (Fsp3) is 0.611. The molecule has 1 aliphatic heterocycles.